The molecular weight excluding hydrogens is 290 g/mol. The highest BCUT2D eigenvalue weighted by Gasteiger charge is 2.17. The van der Waals surface area contributed by atoms with Crippen LogP contribution in [0.3, 0.4) is 0 Å². The number of hydrogen-bond donors (Lipinski definition) is 2. The number of rotatable bonds is 5. The average Bonchev–Trinajstić information content (AvgIpc) is 2.27. The summed E-state index contributed by atoms with van der Waals surface area (Å²) in [7, 11) is 3.04. The third kappa shape index (κ3) is 3.34. The molecule has 1 aromatic carbocycles. The summed E-state index contributed by atoms with van der Waals surface area (Å²) in [6.45, 7) is 0. The number of halogens is 1. The van der Waals surface area contributed by atoms with Crippen molar-refractivity contribution in [1.82, 2.24) is 0 Å². The van der Waals surface area contributed by atoms with E-state index in [-0.39, 0.29) is 6.42 Å². The lowest BCUT2D eigenvalue weighted by Gasteiger charge is -2.15. The number of methoxy groups -OCH3 is 2. The quantitative estimate of drug-likeness (QED) is 0.869. The van der Waals surface area contributed by atoms with Crippen LogP contribution in [-0.4, -0.2) is 25.3 Å². The zero-order valence-electron chi connectivity index (χ0n) is 9.57. The van der Waals surface area contributed by atoms with Crippen LogP contribution in [0.25, 0.3) is 0 Å². The molecule has 0 bridgehead atoms. The van der Waals surface area contributed by atoms with Crippen molar-refractivity contribution < 1.29 is 19.4 Å². The third-order valence-electron chi connectivity index (χ3n) is 2.30. The molecule has 6 heteroatoms. The first-order chi connectivity index (χ1) is 7.99. The molecule has 0 radical (unpaired) electrons. The number of aliphatic carboxylic acids is 1. The first kappa shape index (κ1) is 13.8. The average molecular weight is 304 g/mol. The van der Waals surface area contributed by atoms with E-state index >= 15 is 0 Å². The molecule has 17 heavy (non-hydrogen) atoms. The maximum absolute atomic E-state index is 10.6. The van der Waals surface area contributed by atoms with Gasteiger partial charge in [0.2, 0.25) is 0 Å². The highest BCUT2D eigenvalue weighted by molar-refractivity contribution is 9.10. The number of hydrogen-bond acceptors (Lipinski definition) is 4. The zero-order chi connectivity index (χ0) is 13.0. The van der Waals surface area contributed by atoms with E-state index in [4.69, 9.17) is 20.3 Å². The van der Waals surface area contributed by atoms with Gasteiger partial charge in [-0.05, 0) is 17.7 Å². The minimum atomic E-state index is -0.945. The van der Waals surface area contributed by atoms with Gasteiger partial charge in [0, 0.05) is 10.5 Å². The summed E-state index contributed by atoms with van der Waals surface area (Å²) in [6, 6.07) is 2.79. The van der Waals surface area contributed by atoms with Gasteiger partial charge in [0.05, 0.1) is 20.6 Å². The summed E-state index contributed by atoms with van der Waals surface area (Å²) < 4.78 is 11.0. The summed E-state index contributed by atoms with van der Waals surface area (Å²) in [5.41, 5.74) is 6.48. The second-order valence-corrected chi connectivity index (χ2v) is 4.29. The molecule has 5 nitrogen and oxygen atoms in total. The summed E-state index contributed by atoms with van der Waals surface area (Å²) in [6.07, 6.45) is -0.145. The number of carbonyl (C=O) groups is 1. The molecule has 0 aliphatic rings. The molecule has 1 rings (SSSR count). The molecule has 0 saturated heterocycles. The van der Waals surface area contributed by atoms with E-state index in [1.54, 1.807) is 12.1 Å². The van der Waals surface area contributed by atoms with E-state index in [2.05, 4.69) is 15.9 Å². The van der Waals surface area contributed by atoms with Crippen molar-refractivity contribution in [3.8, 4) is 11.5 Å². The largest absolute Gasteiger partial charge is 0.493 e. The Hall–Kier alpha value is -1.27. The number of benzene rings is 1. The molecule has 0 unspecified atom stereocenters. The SMILES string of the molecule is COc1cc(Br)c([C@@H](N)CC(=O)O)cc1OC. The minimum absolute atomic E-state index is 0.145. The van der Waals surface area contributed by atoms with Gasteiger partial charge in [-0.25, -0.2) is 0 Å². The summed E-state index contributed by atoms with van der Waals surface area (Å²) in [5, 5.41) is 8.71. The fraction of sp³-hybridized carbons (Fsp3) is 0.364. The van der Waals surface area contributed by atoms with Crippen molar-refractivity contribution >= 4 is 21.9 Å². The van der Waals surface area contributed by atoms with Crippen LogP contribution in [0.4, 0.5) is 0 Å². The molecule has 0 heterocycles. The lowest BCUT2D eigenvalue weighted by molar-refractivity contribution is -0.137. The topological polar surface area (TPSA) is 81.8 Å². The Kier molecular flexibility index (Phi) is 4.77. The molecule has 0 aromatic heterocycles. The predicted molar refractivity (Wildman–Crippen MR) is 66.4 cm³/mol. The van der Waals surface area contributed by atoms with Crippen molar-refractivity contribution in [2.75, 3.05) is 14.2 Å². The van der Waals surface area contributed by atoms with Crippen LogP contribution in [0.15, 0.2) is 16.6 Å². The standard InChI is InChI=1S/C11H14BrNO4/c1-16-9-3-6(8(13)5-11(14)15)7(12)4-10(9)17-2/h3-4,8H,5,13H2,1-2H3,(H,14,15)/t8-/m0/s1. The first-order valence-corrected chi connectivity index (χ1v) is 5.67. The molecule has 0 amide bonds. The van der Waals surface area contributed by atoms with Gasteiger partial charge in [-0.15, -0.1) is 0 Å². The van der Waals surface area contributed by atoms with Gasteiger partial charge < -0.3 is 20.3 Å². The fourth-order valence-electron chi connectivity index (χ4n) is 1.45. The molecule has 1 atom stereocenters. The van der Waals surface area contributed by atoms with Crippen molar-refractivity contribution in [2.24, 2.45) is 5.73 Å². The van der Waals surface area contributed by atoms with Crippen LogP contribution in [0.5, 0.6) is 11.5 Å². The van der Waals surface area contributed by atoms with E-state index in [1.807, 2.05) is 0 Å². The smallest absolute Gasteiger partial charge is 0.305 e. The molecule has 0 saturated carbocycles. The molecule has 0 aliphatic heterocycles. The summed E-state index contributed by atoms with van der Waals surface area (Å²) in [4.78, 5) is 10.6. The van der Waals surface area contributed by atoms with Gasteiger partial charge >= 0.3 is 5.97 Å². The third-order valence-corrected chi connectivity index (χ3v) is 2.98. The van der Waals surface area contributed by atoms with Crippen LogP contribution in [0, 0.1) is 0 Å². The Morgan fingerprint density at radius 2 is 1.94 bits per heavy atom. The Balaban J connectivity index is 3.11. The number of ether oxygens (including phenoxy) is 2. The van der Waals surface area contributed by atoms with E-state index in [0.29, 0.717) is 21.5 Å². The van der Waals surface area contributed by atoms with E-state index in [9.17, 15) is 4.79 Å². The van der Waals surface area contributed by atoms with Crippen molar-refractivity contribution in [2.45, 2.75) is 12.5 Å². The molecule has 3 N–H and O–H groups in total. The zero-order valence-corrected chi connectivity index (χ0v) is 11.2. The van der Waals surface area contributed by atoms with Gasteiger partial charge in [0.15, 0.2) is 11.5 Å². The van der Waals surface area contributed by atoms with E-state index in [0.717, 1.165) is 0 Å². The van der Waals surface area contributed by atoms with Gasteiger partial charge in [0.25, 0.3) is 0 Å². The molecule has 0 fully saturated rings. The highest BCUT2D eigenvalue weighted by Crippen LogP contribution is 2.36. The molecule has 0 spiro atoms. The number of nitrogens with two attached hydrogens (primary N) is 1. The monoisotopic (exact) mass is 303 g/mol. The normalized spacial score (nSPS) is 12.0. The van der Waals surface area contributed by atoms with Crippen LogP contribution in [0.2, 0.25) is 0 Å². The lowest BCUT2D eigenvalue weighted by atomic mass is 10.0. The second-order valence-electron chi connectivity index (χ2n) is 3.43. The second kappa shape index (κ2) is 5.88. The van der Waals surface area contributed by atoms with E-state index < -0.39 is 12.0 Å². The Morgan fingerprint density at radius 3 is 2.41 bits per heavy atom. The summed E-state index contributed by atoms with van der Waals surface area (Å²) >= 11 is 3.33. The highest BCUT2D eigenvalue weighted by atomic mass is 79.9. The molecular formula is C11H14BrNO4. The predicted octanol–water partition coefficient (Wildman–Crippen LogP) is 1.94. The fourth-order valence-corrected chi connectivity index (χ4v) is 2.07. The van der Waals surface area contributed by atoms with Crippen LogP contribution < -0.4 is 15.2 Å². The van der Waals surface area contributed by atoms with Crippen LogP contribution >= 0.6 is 15.9 Å². The molecule has 1 aromatic rings. The Labute approximate surface area is 108 Å². The maximum Gasteiger partial charge on any atom is 0.305 e. The van der Waals surface area contributed by atoms with Gasteiger partial charge in [-0.2, -0.15) is 0 Å². The Bertz CT molecular complexity index is 422. The van der Waals surface area contributed by atoms with Crippen LogP contribution in [0.1, 0.15) is 18.0 Å². The molecule has 0 aliphatic carbocycles. The van der Waals surface area contributed by atoms with Crippen LogP contribution in [-0.2, 0) is 4.79 Å². The van der Waals surface area contributed by atoms with Gasteiger partial charge in [-0.1, -0.05) is 15.9 Å². The molecule has 94 valence electrons. The number of carboxylic acid groups (broad SMARTS) is 1. The Morgan fingerprint density at radius 1 is 1.41 bits per heavy atom. The summed E-state index contributed by atoms with van der Waals surface area (Å²) in [5.74, 6) is 0.136. The lowest BCUT2D eigenvalue weighted by Crippen LogP contribution is -2.15. The first-order valence-electron chi connectivity index (χ1n) is 4.88. The van der Waals surface area contributed by atoms with Crippen molar-refractivity contribution in [3.05, 3.63) is 22.2 Å². The minimum Gasteiger partial charge on any atom is -0.493 e. The van der Waals surface area contributed by atoms with Gasteiger partial charge in [-0.3, -0.25) is 4.79 Å². The van der Waals surface area contributed by atoms with Gasteiger partial charge in [0.1, 0.15) is 0 Å². The van der Waals surface area contributed by atoms with Crippen molar-refractivity contribution in [3.63, 3.8) is 0 Å². The van der Waals surface area contributed by atoms with Crippen molar-refractivity contribution in [1.29, 1.82) is 0 Å². The maximum atomic E-state index is 10.6. The number of carboxylic acids is 1. The van der Waals surface area contributed by atoms with E-state index in [1.165, 1.54) is 14.2 Å².